The molecule has 2 N–H and O–H groups in total. The number of aliphatic hydroxyl groups is 1. The predicted molar refractivity (Wildman–Crippen MR) is 66.4 cm³/mol. The van der Waals surface area contributed by atoms with E-state index in [1.54, 1.807) is 11.8 Å². The lowest BCUT2D eigenvalue weighted by Crippen LogP contribution is -2.44. The Hall–Kier alpha value is -0.770. The van der Waals surface area contributed by atoms with E-state index in [-0.39, 0.29) is 17.6 Å². The summed E-state index contributed by atoms with van der Waals surface area (Å²) in [6.07, 6.45) is 0.353. The van der Waals surface area contributed by atoms with Crippen molar-refractivity contribution in [2.24, 2.45) is 5.41 Å². The van der Waals surface area contributed by atoms with Crippen LogP contribution < -0.4 is 5.32 Å². The minimum Gasteiger partial charge on any atom is -0.393 e. The molecule has 1 unspecified atom stereocenters. The van der Waals surface area contributed by atoms with Crippen molar-refractivity contribution in [1.29, 1.82) is 0 Å². The normalized spacial score (nSPS) is 13.4. The quantitative estimate of drug-likeness (QED) is 0.731. The third-order valence-electron chi connectivity index (χ3n) is 2.62. The van der Waals surface area contributed by atoms with Crippen molar-refractivity contribution in [3.8, 4) is 0 Å². The van der Waals surface area contributed by atoms with Crippen molar-refractivity contribution in [1.82, 2.24) is 10.2 Å². The van der Waals surface area contributed by atoms with Gasteiger partial charge in [-0.05, 0) is 32.6 Å². The molecule has 0 saturated carbocycles. The van der Waals surface area contributed by atoms with Crippen molar-refractivity contribution < 1.29 is 9.90 Å². The molecule has 0 rings (SSSR count). The van der Waals surface area contributed by atoms with E-state index < -0.39 is 0 Å². The van der Waals surface area contributed by atoms with Crippen LogP contribution in [0.5, 0.6) is 0 Å². The Morgan fingerprint density at radius 2 is 1.88 bits per heavy atom. The summed E-state index contributed by atoms with van der Waals surface area (Å²) < 4.78 is 0. The lowest BCUT2D eigenvalue weighted by Gasteiger charge is -2.28. The van der Waals surface area contributed by atoms with E-state index in [1.165, 1.54) is 0 Å². The van der Waals surface area contributed by atoms with E-state index in [4.69, 9.17) is 0 Å². The molecule has 4 heteroatoms. The Kier molecular flexibility index (Phi) is 6.41. The first-order chi connectivity index (χ1) is 7.32. The molecule has 0 saturated heterocycles. The first-order valence-corrected chi connectivity index (χ1v) is 6.03. The smallest absolute Gasteiger partial charge is 0.317 e. The molecule has 0 aliphatic carbocycles. The molecule has 0 radical (unpaired) electrons. The second kappa shape index (κ2) is 6.74. The number of nitrogens with one attached hydrogen (secondary N) is 1. The topological polar surface area (TPSA) is 52.6 Å². The molecular formula is C12H26N2O2. The molecule has 4 nitrogen and oxygen atoms in total. The van der Waals surface area contributed by atoms with Crippen LogP contribution in [0.25, 0.3) is 0 Å². The van der Waals surface area contributed by atoms with Gasteiger partial charge in [0, 0.05) is 19.6 Å². The van der Waals surface area contributed by atoms with Crippen LogP contribution in [0.2, 0.25) is 0 Å². The summed E-state index contributed by atoms with van der Waals surface area (Å²) in [6, 6.07) is -0.0244. The van der Waals surface area contributed by atoms with Crippen molar-refractivity contribution >= 4 is 6.03 Å². The molecule has 0 bridgehead atoms. The first-order valence-electron chi connectivity index (χ1n) is 6.03. The van der Waals surface area contributed by atoms with Gasteiger partial charge >= 0.3 is 6.03 Å². The van der Waals surface area contributed by atoms with Crippen LogP contribution in [0.1, 0.15) is 41.0 Å². The number of carbonyl (C=O) groups is 1. The molecule has 0 heterocycles. The molecule has 0 aromatic carbocycles. The molecule has 0 aliphatic heterocycles. The van der Waals surface area contributed by atoms with Crippen LogP contribution in [0.3, 0.4) is 0 Å². The molecule has 0 fully saturated rings. The SMILES string of the molecule is CCN(CC)C(=O)NCC(C)(C)CC(C)O. The molecule has 0 aromatic heterocycles. The summed E-state index contributed by atoms with van der Waals surface area (Å²) >= 11 is 0. The highest BCUT2D eigenvalue weighted by Gasteiger charge is 2.21. The number of carbonyl (C=O) groups excluding carboxylic acids is 1. The van der Waals surface area contributed by atoms with Gasteiger partial charge in [-0.2, -0.15) is 0 Å². The summed E-state index contributed by atoms with van der Waals surface area (Å²) in [5, 5.41) is 12.2. The first kappa shape index (κ1) is 15.2. The van der Waals surface area contributed by atoms with Crippen LogP contribution >= 0.6 is 0 Å². The molecular weight excluding hydrogens is 204 g/mol. The lowest BCUT2D eigenvalue weighted by molar-refractivity contribution is 0.127. The van der Waals surface area contributed by atoms with E-state index >= 15 is 0 Å². The highest BCUT2D eigenvalue weighted by atomic mass is 16.3. The lowest BCUT2D eigenvalue weighted by atomic mass is 9.87. The van der Waals surface area contributed by atoms with Gasteiger partial charge in [-0.1, -0.05) is 13.8 Å². The molecule has 0 spiro atoms. The fourth-order valence-electron chi connectivity index (χ4n) is 1.81. The van der Waals surface area contributed by atoms with Gasteiger partial charge in [0.2, 0.25) is 0 Å². The van der Waals surface area contributed by atoms with E-state index in [1.807, 2.05) is 27.7 Å². The fraction of sp³-hybridized carbons (Fsp3) is 0.917. The van der Waals surface area contributed by atoms with Crippen LogP contribution in [0.15, 0.2) is 0 Å². The molecule has 0 aliphatic rings. The minimum atomic E-state index is -0.333. The second-order valence-corrected chi connectivity index (χ2v) is 5.05. The maximum atomic E-state index is 11.7. The van der Waals surface area contributed by atoms with Crippen molar-refractivity contribution in [3.05, 3.63) is 0 Å². The van der Waals surface area contributed by atoms with Gasteiger partial charge in [0.05, 0.1) is 6.10 Å². The Balaban J connectivity index is 4.08. The summed E-state index contributed by atoms with van der Waals surface area (Å²) in [5.74, 6) is 0. The van der Waals surface area contributed by atoms with Gasteiger partial charge in [-0.15, -0.1) is 0 Å². The highest BCUT2D eigenvalue weighted by Crippen LogP contribution is 2.21. The van der Waals surface area contributed by atoms with Gasteiger partial charge in [0.1, 0.15) is 0 Å². The zero-order valence-corrected chi connectivity index (χ0v) is 11.2. The molecule has 2 amide bonds. The van der Waals surface area contributed by atoms with Gasteiger partial charge in [-0.25, -0.2) is 4.79 Å². The standard InChI is InChI=1S/C12H26N2O2/c1-6-14(7-2)11(16)13-9-12(4,5)8-10(3)15/h10,15H,6-9H2,1-5H3,(H,13,16). The van der Waals surface area contributed by atoms with Gasteiger partial charge < -0.3 is 15.3 Å². The number of hydrogen-bond acceptors (Lipinski definition) is 2. The van der Waals surface area contributed by atoms with E-state index in [0.29, 0.717) is 13.0 Å². The molecule has 0 aromatic rings. The monoisotopic (exact) mass is 230 g/mol. The van der Waals surface area contributed by atoms with Crippen LogP contribution in [0, 0.1) is 5.41 Å². The number of urea groups is 1. The number of amides is 2. The number of aliphatic hydroxyl groups excluding tert-OH is 1. The maximum absolute atomic E-state index is 11.7. The molecule has 96 valence electrons. The third kappa shape index (κ3) is 5.95. The van der Waals surface area contributed by atoms with E-state index in [9.17, 15) is 9.90 Å². The van der Waals surface area contributed by atoms with Crippen LogP contribution in [-0.2, 0) is 0 Å². The summed E-state index contributed by atoms with van der Waals surface area (Å²) in [7, 11) is 0. The van der Waals surface area contributed by atoms with Gasteiger partial charge in [0.15, 0.2) is 0 Å². The predicted octanol–water partition coefficient (Wildman–Crippen LogP) is 1.83. The van der Waals surface area contributed by atoms with Crippen LogP contribution in [-0.4, -0.2) is 41.8 Å². The average molecular weight is 230 g/mol. The highest BCUT2D eigenvalue weighted by molar-refractivity contribution is 5.74. The zero-order valence-electron chi connectivity index (χ0n) is 11.2. The third-order valence-corrected chi connectivity index (χ3v) is 2.62. The minimum absolute atomic E-state index is 0.0244. The van der Waals surface area contributed by atoms with Gasteiger partial charge in [-0.3, -0.25) is 0 Å². The van der Waals surface area contributed by atoms with E-state index in [2.05, 4.69) is 5.32 Å². The Labute approximate surface area is 99.0 Å². The second-order valence-electron chi connectivity index (χ2n) is 5.05. The fourth-order valence-corrected chi connectivity index (χ4v) is 1.81. The van der Waals surface area contributed by atoms with Crippen molar-refractivity contribution in [2.75, 3.05) is 19.6 Å². The largest absolute Gasteiger partial charge is 0.393 e. The number of nitrogens with zero attached hydrogens (tertiary/aromatic N) is 1. The zero-order chi connectivity index (χ0) is 12.8. The summed E-state index contributed by atoms with van der Waals surface area (Å²) in [6.45, 7) is 11.8. The van der Waals surface area contributed by atoms with Gasteiger partial charge in [0.25, 0.3) is 0 Å². The Bertz CT molecular complexity index is 211. The summed E-state index contributed by atoms with van der Waals surface area (Å²) in [5.41, 5.74) is -0.0724. The molecule has 16 heavy (non-hydrogen) atoms. The maximum Gasteiger partial charge on any atom is 0.317 e. The molecule has 1 atom stereocenters. The van der Waals surface area contributed by atoms with Crippen LogP contribution in [0.4, 0.5) is 4.79 Å². The number of hydrogen-bond donors (Lipinski definition) is 2. The van der Waals surface area contributed by atoms with Crippen molar-refractivity contribution in [2.45, 2.75) is 47.1 Å². The Morgan fingerprint density at radius 1 is 1.38 bits per heavy atom. The number of rotatable bonds is 6. The van der Waals surface area contributed by atoms with Crippen molar-refractivity contribution in [3.63, 3.8) is 0 Å². The average Bonchev–Trinajstić information content (AvgIpc) is 2.15. The van der Waals surface area contributed by atoms with E-state index in [0.717, 1.165) is 13.1 Å². The Morgan fingerprint density at radius 3 is 2.25 bits per heavy atom. The summed E-state index contributed by atoms with van der Waals surface area (Å²) in [4.78, 5) is 13.4.